The summed E-state index contributed by atoms with van der Waals surface area (Å²) in [5, 5.41) is 11.9. The Balaban J connectivity index is 0.00000320. The van der Waals surface area contributed by atoms with Gasteiger partial charge in [-0.3, -0.25) is 14.6 Å². The predicted octanol–water partition coefficient (Wildman–Crippen LogP) is 4.01. The largest absolute Gasteiger partial charge is 0.357 e. The highest BCUT2D eigenvalue weighted by atomic mass is 127. The molecule has 0 spiro atoms. The molecule has 1 aliphatic heterocycles. The summed E-state index contributed by atoms with van der Waals surface area (Å²) < 4.78 is 1.96. The zero-order chi connectivity index (χ0) is 20.3. The number of nitrogens with one attached hydrogen (secondary N) is 2. The molecular weight excluding hydrogens is 511 g/mol. The normalized spacial score (nSPS) is 15.6. The summed E-state index contributed by atoms with van der Waals surface area (Å²) in [6.45, 7) is 8.84. The first kappa shape index (κ1) is 24.9. The van der Waals surface area contributed by atoms with Crippen LogP contribution < -0.4 is 10.6 Å². The van der Waals surface area contributed by atoms with E-state index in [1.165, 1.54) is 18.4 Å². The fraction of sp³-hybridized carbons (Fsp3) is 0.545. The average molecular weight is 545 g/mol. The number of hydrogen-bond acceptors (Lipinski definition) is 3. The lowest BCUT2D eigenvalue weighted by Crippen LogP contribution is -2.39. The quantitative estimate of drug-likeness (QED) is 0.217. The summed E-state index contributed by atoms with van der Waals surface area (Å²) >= 11 is 6.30. The molecule has 1 aromatic carbocycles. The molecule has 1 saturated heterocycles. The number of aromatic nitrogens is 2. The average Bonchev–Trinajstić information content (AvgIpc) is 3.25. The summed E-state index contributed by atoms with van der Waals surface area (Å²) in [6, 6.07) is 10.1. The molecule has 0 amide bonds. The molecule has 2 N–H and O–H groups in total. The van der Waals surface area contributed by atoms with Crippen molar-refractivity contribution in [3.63, 3.8) is 0 Å². The fourth-order valence-electron chi connectivity index (χ4n) is 3.64. The smallest absolute Gasteiger partial charge is 0.191 e. The van der Waals surface area contributed by atoms with Crippen molar-refractivity contribution >= 4 is 41.5 Å². The molecule has 30 heavy (non-hydrogen) atoms. The highest BCUT2D eigenvalue weighted by Gasteiger charge is 2.19. The van der Waals surface area contributed by atoms with Crippen LogP contribution in [0.1, 0.15) is 31.7 Å². The molecule has 0 atom stereocenters. The minimum absolute atomic E-state index is 0. The van der Waals surface area contributed by atoms with Crippen LogP contribution in [0.5, 0.6) is 0 Å². The van der Waals surface area contributed by atoms with E-state index in [4.69, 9.17) is 16.6 Å². The Bertz CT molecular complexity index is 744. The van der Waals surface area contributed by atoms with Gasteiger partial charge in [-0.2, -0.15) is 5.10 Å². The number of nitrogens with zero attached hydrogens (tertiary/aromatic N) is 4. The van der Waals surface area contributed by atoms with Crippen LogP contribution in [-0.4, -0.2) is 53.4 Å². The minimum atomic E-state index is 0. The van der Waals surface area contributed by atoms with Crippen LogP contribution in [0.2, 0.25) is 5.02 Å². The summed E-state index contributed by atoms with van der Waals surface area (Å²) in [5.41, 5.74) is 1.22. The number of guanidine groups is 1. The van der Waals surface area contributed by atoms with Crippen LogP contribution in [0.25, 0.3) is 0 Å². The number of halogens is 2. The second-order valence-corrected chi connectivity index (χ2v) is 7.99. The maximum absolute atomic E-state index is 6.30. The molecule has 166 valence electrons. The van der Waals surface area contributed by atoms with E-state index in [1.807, 2.05) is 35.3 Å². The number of hydrogen-bond donors (Lipinski definition) is 2. The van der Waals surface area contributed by atoms with Gasteiger partial charge in [0.15, 0.2) is 5.96 Å². The van der Waals surface area contributed by atoms with E-state index in [1.54, 1.807) is 0 Å². The molecule has 2 heterocycles. The summed E-state index contributed by atoms with van der Waals surface area (Å²) in [4.78, 5) is 7.33. The number of benzene rings is 1. The molecule has 3 rings (SSSR count). The van der Waals surface area contributed by atoms with E-state index < -0.39 is 0 Å². The number of piperidine rings is 1. The van der Waals surface area contributed by atoms with Crippen LogP contribution >= 0.6 is 35.6 Å². The lowest BCUT2D eigenvalue weighted by molar-refractivity contribution is 0.180. The van der Waals surface area contributed by atoms with E-state index >= 15 is 0 Å². The third-order valence-corrected chi connectivity index (χ3v) is 5.70. The first-order chi connectivity index (χ1) is 14.2. The van der Waals surface area contributed by atoms with Crippen molar-refractivity contribution in [3.8, 4) is 0 Å². The van der Waals surface area contributed by atoms with E-state index in [9.17, 15) is 0 Å². The number of aryl methyl sites for hydroxylation is 1. The Labute approximate surface area is 202 Å². The summed E-state index contributed by atoms with van der Waals surface area (Å²) in [6.07, 6.45) is 7.21. The molecule has 8 heteroatoms. The summed E-state index contributed by atoms with van der Waals surface area (Å²) in [7, 11) is 0. The lowest BCUT2D eigenvalue weighted by Gasteiger charge is -2.31. The number of likely N-dealkylation sites (tertiary alicyclic amines) is 1. The van der Waals surface area contributed by atoms with Crippen molar-refractivity contribution in [2.24, 2.45) is 10.9 Å². The van der Waals surface area contributed by atoms with Gasteiger partial charge in [-0.05, 0) is 62.9 Å². The van der Waals surface area contributed by atoms with Crippen molar-refractivity contribution in [2.75, 3.05) is 32.7 Å². The van der Waals surface area contributed by atoms with E-state index in [0.717, 1.165) is 63.2 Å². The molecule has 1 aliphatic rings. The van der Waals surface area contributed by atoms with Gasteiger partial charge in [-0.1, -0.05) is 29.8 Å². The van der Waals surface area contributed by atoms with Crippen LogP contribution in [-0.2, 0) is 13.1 Å². The van der Waals surface area contributed by atoms with Gasteiger partial charge < -0.3 is 10.6 Å². The van der Waals surface area contributed by atoms with E-state index in [-0.39, 0.29) is 24.0 Å². The maximum Gasteiger partial charge on any atom is 0.191 e. The van der Waals surface area contributed by atoms with Gasteiger partial charge in [0.2, 0.25) is 0 Å². The van der Waals surface area contributed by atoms with Crippen molar-refractivity contribution in [2.45, 2.75) is 39.3 Å². The first-order valence-corrected chi connectivity index (χ1v) is 11.1. The molecule has 0 unspecified atom stereocenters. The number of aliphatic imine (C=N–C) groups is 1. The Morgan fingerprint density at radius 1 is 1.20 bits per heavy atom. The molecule has 0 bridgehead atoms. The molecule has 6 nitrogen and oxygen atoms in total. The fourth-order valence-corrected chi connectivity index (χ4v) is 3.83. The molecule has 1 aromatic heterocycles. The van der Waals surface area contributed by atoms with Crippen LogP contribution in [0.4, 0.5) is 0 Å². The van der Waals surface area contributed by atoms with Gasteiger partial charge in [-0.25, -0.2) is 0 Å². The van der Waals surface area contributed by atoms with Gasteiger partial charge in [0.25, 0.3) is 0 Å². The maximum atomic E-state index is 6.30. The Morgan fingerprint density at radius 3 is 2.70 bits per heavy atom. The van der Waals surface area contributed by atoms with Gasteiger partial charge in [0.1, 0.15) is 0 Å². The molecule has 0 saturated carbocycles. The van der Waals surface area contributed by atoms with Gasteiger partial charge in [0.05, 0.1) is 0 Å². The standard InChI is InChI=1S/C22H33ClN6.HI/c1-2-24-22(25-11-5-13-29-14-6-12-27-29)26-17-19-9-15-28(16-10-19)18-20-7-3-4-8-21(20)23;/h3-4,6-8,12,14,19H,2,5,9-11,13,15-18H2,1H3,(H2,24,25,26);1H. The van der Waals surface area contributed by atoms with Crippen LogP contribution in [0.3, 0.4) is 0 Å². The molecule has 0 radical (unpaired) electrons. The zero-order valence-electron chi connectivity index (χ0n) is 17.8. The zero-order valence-corrected chi connectivity index (χ0v) is 20.9. The topological polar surface area (TPSA) is 57.5 Å². The van der Waals surface area contributed by atoms with Gasteiger partial charge in [-0.15, -0.1) is 24.0 Å². The van der Waals surface area contributed by atoms with Gasteiger partial charge in [0, 0.05) is 50.1 Å². The third-order valence-electron chi connectivity index (χ3n) is 5.33. The molecule has 0 aliphatic carbocycles. The molecular formula is C22H34ClIN6. The van der Waals surface area contributed by atoms with E-state index in [2.05, 4.69) is 39.7 Å². The lowest BCUT2D eigenvalue weighted by atomic mass is 9.96. The first-order valence-electron chi connectivity index (χ1n) is 10.7. The Hall–Kier alpha value is -1.32. The predicted molar refractivity (Wildman–Crippen MR) is 136 cm³/mol. The van der Waals surface area contributed by atoms with Crippen molar-refractivity contribution in [3.05, 3.63) is 53.3 Å². The molecule has 1 fully saturated rings. The number of rotatable bonds is 9. The second kappa shape index (κ2) is 13.9. The van der Waals surface area contributed by atoms with Gasteiger partial charge >= 0.3 is 0 Å². The Morgan fingerprint density at radius 2 is 2.00 bits per heavy atom. The highest BCUT2D eigenvalue weighted by Crippen LogP contribution is 2.22. The van der Waals surface area contributed by atoms with Crippen LogP contribution in [0.15, 0.2) is 47.7 Å². The minimum Gasteiger partial charge on any atom is -0.357 e. The summed E-state index contributed by atoms with van der Waals surface area (Å²) in [5.74, 6) is 1.57. The Kier molecular flexibility index (Phi) is 11.5. The second-order valence-electron chi connectivity index (χ2n) is 7.58. The monoisotopic (exact) mass is 544 g/mol. The van der Waals surface area contributed by atoms with E-state index in [0.29, 0.717) is 5.92 Å². The third kappa shape index (κ3) is 8.43. The van der Waals surface area contributed by atoms with Crippen molar-refractivity contribution in [1.82, 2.24) is 25.3 Å². The van der Waals surface area contributed by atoms with Crippen molar-refractivity contribution in [1.29, 1.82) is 0 Å². The molecule has 2 aromatic rings. The van der Waals surface area contributed by atoms with Crippen molar-refractivity contribution < 1.29 is 0 Å². The SMILES string of the molecule is CCNC(=NCC1CCN(Cc2ccccc2Cl)CC1)NCCCn1cccn1.I. The van der Waals surface area contributed by atoms with Crippen LogP contribution in [0, 0.1) is 5.92 Å². The highest BCUT2D eigenvalue weighted by molar-refractivity contribution is 14.0.